The third-order valence-electron chi connectivity index (χ3n) is 4.68. The summed E-state index contributed by atoms with van der Waals surface area (Å²) in [6, 6.07) is 13.3. The molecule has 1 atom stereocenters. The summed E-state index contributed by atoms with van der Waals surface area (Å²) in [5.41, 5.74) is 0.630. The van der Waals surface area contributed by atoms with Crippen molar-refractivity contribution in [2.24, 2.45) is 5.92 Å². The molecular formula is C21H25ClN2O4S. The van der Waals surface area contributed by atoms with E-state index in [0.29, 0.717) is 35.8 Å². The van der Waals surface area contributed by atoms with Gasteiger partial charge in [-0.15, -0.1) is 0 Å². The molecule has 6 nitrogen and oxygen atoms in total. The molecular weight excluding hydrogens is 412 g/mol. The minimum absolute atomic E-state index is 0.0333. The van der Waals surface area contributed by atoms with Crippen molar-refractivity contribution in [3.8, 4) is 5.75 Å². The van der Waals surface area contributed by atoms with Gasteiger partial charge in [-0.3, -0.25) is 4.79 Å². The van der Waals surface area contributed by atoms with Crippen LogP contribution in [0.15, 0.2) is 53.4 Å². The van der Waals surface area contributed by atoms with Crippen molar-refractivity contribution >= 4 is 33.2 Å². The predicted molar refractivity (Wildman–Crippen MR) is 114 cm³/mol. The number of nitrogens with one attached hydrogen (secondary N) is 1. The summed E-state index contributed by atoms with van der Waals surface area (Å²) in [4.78, 5) is 12.9. The Bertz CT molecular complexity index is 961. The van der Waals surface area contributed by atoms with Gasteiger partial charge >= 0.3 is 0 Å². The number of hydrogen-bond donors (Lipinski definition) is 1. The van der Waals surface area contributed by atoms with Crippen LogP contribution in [0, 0.1) is 5.92 Å². The van der Waals surface area contributed by atoms with Gasteiger partial charge in [0.2, 0.25) is 15.9 Å². The van der Waals surface area contributed by atoms with Gasteiger partial charge in [-0.2, -0.15) is 4.31 Å². The lowest BCUT2D eigenvalue weighted by molar-refractivity contribution is -0.120. The summed E-state index contributed by atoms with van der Waals surface area (Å²) in [5, 5.41) is 3.36. The van der Waals surface area contributed by atoms with Crippen molar-refractivity contribution in [2.75, 3.05) is 18.4 Å². The molecule has 0 bridgehead atoms. The van der Waals surface area contributed by atoms with Crippen molar-refractivity contribution in [2.45, 2.75) is 37.7 Å². The Hall–Kier alpha value is -2.09. The van der Waals surface area contributed by atoms with Crippen LogP contribution in [0.25, 0.3) is 0 Å². The van der Waals surface area contributed by atoms with Gasteiger partial charge in [0.25, 0.3) is 0 Å². The van der Waals surface area contributed by atoms with Crippen LogP contribution in [0.5, 0.6) is 5.75 Å². The Kier molecular flexibility index (Phi) is 6.82. The summed E-state index contributed by atoms with van der Waals surface area (Å²) in [6.07, 6.45) is 1.30. The number of sulfonamides is 1. The van der Waals surface area contributed by atoms with Crippen molar-refractivity contribution < 1.29 is 17.9 Å². The second-order valence-corrected chi connectivity index (χ2v) is 9.71. The van der Waals surface area contributed by atoms with Gasteiger partial charge in [-0.1, -0.05) is 17.7 Å². The fraction of sp³-hybridized carbons (Fsp3) is 0.381. The third-order valence-corrected chi connectivity index (χ3v) is 6.81. The lowest BCUT2D eigenvalue weighted by Gasteiger charge is -2.31. The highest BCUT2D eigenvalue weighted by Crippen LogP contribution is 2.26. The highest BCUT2D eigenvalue weighted by atomic mass is 35.5. The molecule has 0 spiro atoms. The number of benzene rings is 2. The smallest absolute Gasteiger partial charge is 0.243 e. The molecule has 156 valence electrons. The number of carbonyl (C=O) groups excluding carboxylic acids is 1. The van der Waals surface area contributed by atoms with Crippen molar-refractivity contribution in [3.63, 3.8) is 0 Å². The number of nitrogens with zero attached hydrogens (tertiary/aromatic N) is 1. The van der Waals surface area contributed by atoms with Gasteiger partial charge in [0.15, 0.2) is 0 Å². The number of carbonyl (C=O) groups is 1. The first kappa shape index (κ1) is 21.6. The van der Waals surface area contributed by atoms with Gasteiger partial charge in [-0.05, 0) is 63.1 Å². The number of amides is 1. The lowest BCUT2D eigenvalue weighted by Crippen LogP contribution is -2.43. The standard InChI is InChI=1S/C21H25ClN2O4S/c1-15(2)28-19-7-3-6-18(13-19)23-21(25)16-5-4-12-24(14-16)29(26,27)20-10-8-17(22)9-11-20/h3,6-11,13,15-16H,4-5,12,14H2,1-2H3,(H,23,25)/t16-/m0/s1. The van der Waals surface area contributed by atoms with E-state index in [1.807, 2.05) is 26.0 Å². The fourth-order valence-electron chi connectivity index (χ4n) is 3.29. The molecule has 0 radical (unpaired) electrons. The Balaban J connectivity index is 1.69. The van der Waals surface area contributed by atoms with Gasteiger partial charge in [0.1, 0.15) is 5.75 Å². The summed E-state index contributed by atoms with van der Waals surface area (Å²) >= 11 is 5.86. The molecule has 8 heteroatoms. The maximum absolute atomic E-state index is 12.9. The predicted octanol–water partition coefficient (Wildman–Crippen LogP) is 4.17. The first-order valence-electron chi connectivity index (χ1n) is 9.59. The number of hydrogen-bond acceptors (Lipinski definition) is 4. The number of ether oxygens (including phenoxy) is 1. The van der Waals surface area contributed by atoms with Crippen LogP contribution in [0.3, 0.4) is 0 Å². The molecule has 1 aliphatic rings. The summed E-state index contributed by atoms with van der Waals surface area (Å²) in [5.74, 6) is 0.0663. The highest BCUT2D eigenvalue weighted by Gasteiger charge is 2.33. The summed E-state index contributed by atoms with van der Waals surface area (Å²) in [6.45, 7) is 4.41. The lowest BCUT2D eigenvalue weighted by atomic mass is 9.98. The van der Waals surface area contributed by atoms with Crippen LogP contribution in [-0.4, -0.2) is 37.8 Å². The average Bonchev–Trinajstić information content (AvgIpc) is 2.68. The molecule has 1 amide bonds. The molecule has 2 aromatic carbocycles. The molecule has 0 saturated carbocycles. The van der Waals surface area contributed by atoms with Gasteiger partial charge in [0.05, 0.1) is 16.9 Å². The molecule has 1 heterocycles. The second kappa shape index (κ2) is 9.15. The Morgan fingerprint density at radius 3 is 2.62 bits per heavy atom. The molecule has 3 rings (SSSR count). The topological polar surface area (TPSA) is 75.7 Å². The minimum atomic E-state index is -3.66. The maximum Gasteiger partial charge on any atom is 0.243 e. The number of piperidine rings is 1. The minimum Gasteiger partial charge on any atom is -0.491 e. The van der Waals surface area contributed by atoms with E-state index in [2.05, 4.69) is 5.32 Å². The van der Waals surface area contributed by atoms with E-state index in [1.165, 1.54) is 16.4 Å². The van der Waals surface area contributed by atoms with E-state index in [0.717, 1.165) is 0 Å². The van der Waals surface area contributed by atoms with E-state index in [-0.39, 0.29) is 23.5 Å². The number of halogens is 1. The van der Waals surface area contributed by atoms with Crippen LogP contribution in [0.2, 0.25) is 5.02 Å². The average molecular weight is 437 g/mol. The highest BCUT2D eigenvalue weighted by molar-refractivity contribution is 7.89. The fourth-order valence-corrected chi connectivity index (χ4v) is 4.94. The van der Waals surface area contributed by atoms with Crippen LogP contribution < -0.4 is 10.1 Å². The molecule has 1 N–H and O–H groups in total. The summed E-state index contributed by atoms with van der Waals surface area (Å²) in [7, 11) is -3.66. The molecule has 0 aliphatic carbocycles. The Morgan fingerprint density at radius 1 is 1.21 bits per heavy atom. The van der Waals surface area contributed by atoms with E-state index in [9.17, 15) is 13.2 Å². The number of rotatable bonds is 6. The largest absolute Gasteiger partial charge is 0.491 e. The Morgan fingerprint density at radius 2 is 1.93 bits per heavy atom. The van der Waals surface area contributed by atoms with Crippen LogP contribution >= 0.6 is 11.6 Å². The molecule has 1 fully saturated rings. The molecule has 29 heavy (non-hydrogen) atoms. The molecule has 1 saturated heterocycles. The number of anilines is 1. The van der Waals surface area contributed by atoms with Gasteiger partial charge in [0, 0.05) is 29.9 Å². The van der Waals surface area contributed by atoms with Crippen molar-refractivity contribution in [1.82, 2.24) is 4.31 Å². The SMILES string of the molecule is CC(C)Oc1cccc(NC(=O)[C@H]2CCCN(S(=O)(=O)c3ccc(Cl)cc3)C2)c1. The summed E-state index contributed by atoms with van der Waals surface area (Å²) < 4.78 is 32.8. The van der Waals surface area contributed by atoms with E-state index in [1.54, 1.807) is 24.3 Å². The Labute approximate surface area is 176 Å². The van der Waals surface area contributed by atoms with E-state index < -0.39 is 15.9 Å². The third kappa shape index (κ3) is 5.50. The second-order valence-electron chi connectivity index (χ2n) is 7.34. The van der Waals surface area contributed by atoms with Gasteiger partial charge < -0.3 is 10.1 Å². The first-order valence-corrected chi connectivity index (χ1v) is 11.4. The van der Waals surface area contributed by atoms with Gasteiger partial charge in [-0.25, -0.2) is 8.42 Å². The zero-order valence-electron chi connectivity index (χ0n) is 16.5. The molecule has 1 aliphatic heterocycles. The molecule has 0 aromatic heterocycles. The zero-order valence-corrected chi connectivity index (χ0v) is 18.0. The zero-order chi connectivity index (χ0) is 21.0. The van der Waals surface area contributed by atoms with Crippen molar-refractivity contribution in [3.05, 3.63) is 53.6 Å². The normalized spacial score (nSPS) is 17.9. The monoisotopic (exact) mass is 436 g/mol. The maximum atomic E-state index is 12.9. The quantitative estimate of drug-likeness (QED) is 0.737. The first-order chi connectivity index (χ1) is 13.8. The molecule has 2 aromatic rings. The van der Waals surface area contributed by atoms with E-state index in [4.69, 9.17) is 16.3 Å². The van der Waals surface area contributed by atoms with Crippen LogP contribution in [0.4, 0.5) is 5.69 Å². The van der Waals surface area contributed by atoms with Crippen LogP contribution in [-0.2, 0) is 14.8 Å². The van der Waals surface area contributed by atoms with Crippen molar-refractivity contribution in [1.29, 1.82) is 0 Å². The van der Waals surface area contributed by atoms with Crippen LogP contribution in [0.1, 0.15) is 26.7 Å². The molecule has 0 unspecified atom stereocenters. The van der Waals surface area contributed by atoms with E-state index >= 15 is 0 Å².